The average molecular weight is 170 g/mol. The molecule has 0 heterocycles. The maximum absolute atomic E-state index is 11.1. The molecule has 3 nitrogen and oxygen atoms in total. The standard InChI is InChI=1S/C9H18N2O/c1-4-6-7-10-11-9(12)8(3)5-2/h10H,3-7H2,1-2H3,(H,11,12). The summed E-state index contributed by atoms with van der Waals surface area (Å²) in [5, 5.41) is 0. The van der Waals surface area contributed by atoms with E-state index in [0.29, 0.717) is 12.0 Å². The van der Waals surface area contributed by atoms with Crippen LogP contribution in [0.4, 0.5) is 0 Å². The topological polar surface area (TPSA) is 41.1 Å². The Hall–Kier alpha value is -0.830. The van der Waals surface area contributed by atoms with Gasteiger partial charge in [-0.3, -0.25) is 10.2 Å². The summed E-state index contributed by atoms with van der Waals surface area (Å²) in [4.78, 5) is 11.1. The Labute approximate surface area is 74.2 Å². The van der Waals surface area contributed by atoms with Crippen molar-refractivity contribution in [1.82, 2.24) is 10.9 Å². The minimum Gasteiger partial charge on any atom is -0.288 e. The van der Waals surface area contributed by atoms with E-state index in [1.807, 2.05) is 6.92 Å². The number of carbonyl (C=O) groups excluding carboxylic acids is 1. The third-order valence-corrected chi connectivity index (χ3v) is 1.61. The molecule has 0 fully saturated rings. The Morgan fingerprint density at radius 3 is 2.58 bits per heavy atom. The molecular formula is C9H18N2O. The molecule has 70 valence electrons. The van der Waals surface area contributed by atoms with Gasteiger partial charge >= 0.3 is 0 Å². The Kier molecular flexibility index (Phi) is 6.38. The number of unbranched alkanes of at least 4 members (excludes halogenated alkanes) is 1. The van der Waals surface area contributed by atoms with E-state index in [1.165, 1.54) is 0 Å². The zero-order chi connectivity index (χ0) is 9.40. The van der Waals surface area contributed by atoms with E-state index in [1.54, 1.807) is 0 Å². The molecule has 0 aliphatic carbocycles. The Bertz CT molecular complexity index is 155. The van der Waals surface area contributed by atoms with Crippen molar-refractivity contribution in [3.63, 3.8) is 0 Å². The van der Waals surface area contributed by atoms with Crippen LogP contribution in [0.5, 0.6) is 0 Å². The van der Waals surface area contributed by atoms with Crippen molar-refractivity contribution in [2.75, 3.05) is 6.54 Å². The monoisotopic (exact) mass is 170 g/mol. The molecule has 0 aromatic rings. The third-order valence-electron chi connectivity index (χ3n) is 1.61. The molecule has 0 saturated carbocycles. The quantitative estimate of drug-likeness (QED) is 0.359. The van der Waals surface area contributed by atoms with Gasteiger partial charge in [-0.05, 0) is 12.8 Å². The van der Waals surface area contributed by atoms with E-state index in [4.69, 9.17) is 0 Å². The van der Waals surface area contributed by atoms with Crippen LogP contribution in [0.2, 0.25) is 0 Å². The lowest BCUT2D eigenvalue weighted by molar-refractivity contribution is -0.118. The Morgan fingerprint density at radius 1 is 1.42 bits per heavy atom. The predicted molar refractivity (Wildman–Crippen MR) is 50.5 cm³/mol. The summed E-state index contributed by atoms with van der Waals surface area (Å²) in [7, 11) is 0. The predicted octanol–water partition coefficient (Wildman–Crippen LogP) is 1.37. The number of amides is 1. The van der Waals surface area contributed by atoms with Crippen LogP contribution in [0.15, 0.2) is 12.2 Å². The highest BCUT2D eigenvalue weighted by Crippen LogP contribution is 1.93. The Morgan fingerprint density at radius 2 is 2.08 bits per heavy atom. The normalized spacial score (nSPS) is 9.50. The molecule has 0 unspecified atom stereocenters. The van der Waals surface area contributed by atoms with Crippen molar-refractivity contribution in [2.24, 2.45) is 0 Å². The third kappa shape index (κ3) is 4.91. The van der Waals surface area contributed by atoms with Gasteiger partial charge in [0, 0.05) is 12.1 Å². The fourth-order valence-corrected chi connectivity index (χ4v) is 0.657. The molecule has 0 aliphatic rings. The molecule has 2 N–H and O–H groups in total. The van der Waals surface area contributed by atoms with Crippen molar-refractivity contribution >= 4 is 5.91 Å². The number of hydrazine groups is 1. The van der Waals surface area contributed by atoms with Crippen molar-refractivity contribution in [1.29, 1.82) is 0 Å². The van der Waals surface area contributed by atoms with Gasteiger partial charge in [0.1, 0.15) is 0 Å². The maximum atomic E-state index is 11.1. The van der Waals surface area contributed by atoms with E-state index < -0.39 is 0 Å². The molecule has 0 radical (unpaired) electrons. The van der Waals surface area contributed by atoms with Gasteiger partial charge in [-0.15, -0.1) is 0 Å². The second-order valence-electron chi connectivity index (χ2n) is 2.69. The van der Waals surface area contributed by atoms with Crippen LogP contribution in [-0.4, -0.2) is 12.5 Å². The second kappa shape index (κ2) is 6.85. The number of hydrogen-bond donors (Lipinski definition) is 2. The smallest absolute Gasteiger partial charge is 0.260 e. The second-order valence-corrected chi connectivity index (χ2v) is 2.69. The highest BCUT2D eigenvalue weighted by molar-refractivity contribution is 5.92. The summed E-state index contributed by atoms with van der Waals surface area (Å²) in [6.07, 6.45) is 2.89. The van der Waals surface area contributed by atoms with Crippen LogP contribution < -0.4 is 10.9 Å². The van der Waals surface area contributed by atoms with Crippen LogP contribution in [0.1, 0.15) is 33.1 Å². The van der Waals surface area contributed by atoms with Gasteiger partial charge in [0.2, 0.25) is 0 Å². The van der Waals surface area contributed by atoms with E-state index >= 15 is 0 Å². The summed E-state index contributed by atoms with van der Waals surface area (Å²) in [5.74, 6) is -0.103. The first kappa shape index (κ1) is 11.2. The van der Waals surface area contributed by atoms with E-state index in [-0.39, 0.29) is 5.91 Å². The summed E-state index contributed by atoms with van der Waals surface area (Å²) in [5.41, 5.74) is 6.03. The van der Waals surface area contributed by atoms with Gasteiger partial charge in [-0.1, -0.05) is 26.8 Å². The average Bonchev–Trinajstić information content (AvgIpc) is 2.10. The molecule has 0 spiro atoms. The van der Waals surface area contributed by atoms with Crippen LogP contribution in [0.25, 0.3) is 0 Å². The molecule has 0 aromatic carbocycles. The lowest BCUT2D eigenvalue weighted by Gasteiger charge is -2.06. The van der Waals surface area contributed by atoms with Gasteiger partial charge in [-0.25, -0.2) is 5.43 Å². The van der Waals surface area contributed by atoms with Crippen molar-refractivity contribution in [2.45, 2.75) is 33.1 Å². The van der Waals surface area contributed by atoms with E-state index in [2.05, 4.69) is 24.4 Å². The lowest BCUT2D eigenvalue weighted by Crippen LogP contribution is -2.38. The fourth-order valence-electron chi connectivity index (χ4n) is 0.657. The first-order valence-electron chi connectivity index (χ1n) is 4.43. The van der Waals surface area contributed by atoms with E-state index in [0.717, 1.165) is 19.4 Å². The fraction of sp³-hybridized carbons (Fsp3) is 0.667. The van der Waals surface area contributed by atoms with E-state index in [9.17, 15) is 4.79 Å². The lowest BCUT2D eigenvalue weighted by atomic mass is 10.2. The Balaban J connectivity index is 3.38. The molecule has 0 bridgehead atoms. The van der Waals surface area contributed by atoms with Crippen LogP contribution in [0.3, 0.4) is 0 Å². The number of carbonyl (C=O) groups is 1. The van der Waals surface area contributed by atoms with Gasteiger partial charge in [-0.2, -0.15) is 0 Å². The minimum atomic E-state index is -0.103. The summed E-state index contributed by atoms with van der Waals surface area (Å²) >= 11 is 0. The molecule has 3 heteroatoms. The highest BCUT2D eigenvalue weighted by atomic mass is 16.2. The number of nitrogens with one attached hydrogen (secondary N) is 2. The summed E-state index contributed by atoms with van der Waals surface area (Å²) < 4.78 is 0. The van der Waals surface area contributed by atoms with Crippen LogP contribution >= 0.6 is 0 Å². The highest BCUT2D eigenvalue weighted by Gasteiger charge is 2.01. The van der Waals surface area contributed by atoms with Gasteiger partial charge in [0.25, 0.3) is 5.91 Å². The summed E-state index contributed by atoms with van der Waals surface area (Å²) in [6, 6.07) is 0. The zero-order valence-corrected chi connectivity index (χ0v) is 7.94. The van der Waals surface area contributed by atoms with Crippen LogP contribution in [0, 0.1) is 0 Å². The first-order chi connectivity index (χ1) is 5.72. The molecular weight excluding hydrogens is 152 g/mol. The van der Waals surface area contributed by atoms with Gasteiger partial charge in [0.05, 0.1) is 0 Å². The molecule has 0 aromatic heterocycles. The molecule has 0 saturated heterocycles. The number of rotatable bonds is 6. The summed E-state index contributed by atoms with van der Waals surface area (Å²) in [6.45, 7) is 8.45. The van der Waals surface area contributed by atoms with Crippen molar-refractivity contribution < 1.29 is 4.79 Å². The molecule has 0 atom stereocenters. The molecule has 1 amide bonds. The minimum absolute atomic E-state index is 0.103. The molecule has 0 rings (SSSR count). The largest absolute Gasteiger partial charge is 0.288 e. The van der Waals surface area contributed by atoms with Gasteiger partial charge in [0.15, 0.2) is 0 Å². The van der Waals surface area contributed by atoms with Crippen molar-refractivity contribution in [3.8, 4) is 0 Å². The van der Waals surface area contributed by atoms with Gasteiger partial charge < -0.3 is 0 Å². The number of hydrogen-bond acceptors (Lipinski definition) is 2. The maximum Gasteiger partial charge on any atom is 0.260 e. The SMILES string of the molecule is C=C(CC)C(=O)NNCCCC. The molecule has 0 aliphatic heterocycles. The first-order valence-corrected chi connectivity index (χ1v) is 4.43. The molecule has 12 heavy (non-hydrogen) atoms. The van der Waals surface area contributed by atoms with Crippen molar-refractivity contribution in [3.05, 3.63) is 12.2 Å². The zero-order valence-electron chi connectivity index (χ0n) is 7.94. The van der Waals surface area contributed by atoms with Crippen LogP contribution in [-0.2, 0) is 4.79 Å².